The van der Waals surface area contributed by atoms with E-state index in [4.69, 9.17) is 16.7 Å². The minimum atomic E-state index is -0.650. The van der Waals surface area contributed by atoms with E-state index < -0.39 is 5.97 Å². The van der Waals surface area contributed by atoms with Gasteiger partial charge < -0.3 is 5.11 Å². The number of fused-ring (bicyclic) bond motifs is 1. The minimum absolute atomic E-state index is 0.181. The van der Waals surface area contributed by atoms with Crippen LogP contribution in [0.25, 0.3) is 0 Å². The van der Waals surface area contributed by atoms with Gasteiger partial charge in [-0.3, -0.25) is 4.79 Å². The lowest BCUT2D eigenvalue weighted by Gasteiger charge is -2.30. The van der Waals surface area contributed by atoms with Gasteiger partial charge in [0.15, 0.2) is 0 Å². The molecule has 0 aliphatic carbocycles. The van der Waals surface area contributed by atoms with Crippen molar-refractivity contribution in [1.29, 1.82) is 0 Å². The van der Waals surface area contributed by atoms with Gasteiger partial charge in [0.2, 0.25) is 0 Å². The summed E-state index contributed by atoms with van der Waals surface area (Å²) < 4.78 is 0. The molecule has 1 saturated heterocycles. The number of carbonyl (C=O) groups is 1. The van der Waals surface area contributed by atoms with Gasteiger partial charge in [-0.15, -0.1) is 0 Å². The number of aliphatic carboxylic acids is 1. The van der Waals surface area contributed by atoms with Crippen molar-refractivity contribution in [2.45, 2.75) is 32.4 Å². The van der Waals surface area contributed by atoms with E-state index in [1.165, 1.54) is 11.1 Å². The topological polar surface area (TPSA) is 43.8 Å². The third-order valence-electron chi connectivity index (χ3n) is 4.33. The number of halogens is 1. The summed E-state index contributed by atoms with van der Waals surface area (Å²) in [5.41, 5.74) is 2.62. The molecule has 1 unspecified atom stereocenters. The average Bonchev–Trinajstić information content (AvgIpc) is 2.67. The Hall–Kier alpha value is -1.10. The molecule has 2 heterocycles. The molecule has 0 saturated carbocycles. The number of hydrogen-bond acceptors (Lipinski definition) is 3. The molecule has 0 amide bonds. The number of hydrazine groups is 1. The van der Waals surface area contributed by atoms with E-state index in [1.54, 1.807) is 0 Å². The molecule has 1 atom stereocenters. The predicted octanol–water partition coefficient (Wildman–Crippen LogP) is 2.76. The maximum absolute atomic E-state index is 11.1. The molecule has 108 valence electrons. The molecule has 1 fully saturated rings. The van der Waals surface area contributed by atoms with Gasteiger partial charge in [-0.1, -0.05) is 17.7 Å². The molecule has 1 aromatic rings. The highest BCUT2D eigenvalue weighted by molar-refractivity contribution is 6.30. The number of rotatable bonds is 2. The highest BCUT2D eigenvalue weighted by atomic mass is 35.5. The van der Waals surface area contributed by atoms with Crippen LogP contribution in [0.4, 0.5) is 0 Å². The summed E-state index contributed by atoms with van der Waals surface area (Å²) in [5, 5.41) is 14.6. The zero-order chi connectivity index (χ0) is 14.1. The van der Waals surface area contributed by atoms with E-state index >= 15 is 0 Å². The summed E-state index contributed by atoms with van der Waals surface area (Å²) in [6, 6.07) is 6.07. The molecule has 3 rings (SSSR count). The largest absolute Gasteiger partial charge is 0.481 e. The molecule has 2 aliphatic heterocycles. The lowest BCUT2D eigenvalue weighted by Crippen LogP contribution is -2.39. The first-order chi connectivity index (χ1) is 9.63. The quantitative estimate of drug-likeness (QED) is 0.911. The molecule has 2 aliphatic rings. The zero-order valence-corrected chi connectivity index (χ0v) is 12.1. The zero-order valence-electron chi connectivity index (χ0n) is 11.4. The first kappa shape index (κ1) is 13.9. The van der Waals surface area contributed by atoms with Crippen LogP contribution in [-0.4, -0.2) is 34.2 Å². The van der Waals surface area contributed by atoms with Gasteiger partial charge in [-0.25, -0.2) is 10.0 Å². The molecular weight excluding hydrogens is 276 g/mol. The van der Waals surface area contributed by atoms with Crippen molar-refractivity contribution in [3.05, 3.63) is 34.3 Å². The SMILES string of the molecule is O=C(O)C1CCCN(N2Cc3ccc(Cl)cc3C2)CC1. The number of nitrogens with zero attached hydrogens (tertiary/aromatic N) is 2. The Balaban J connectivity index is 1.65. The Kier molecular flexibility index (Phi) is 3.96. The van der Waals surface area contributed by atoms with Gasteiger partial charge in [-0.05, 0) is 42.5 Å². The molecule has 1 aromatic carbocycles. The van der Waals surface area contributed by atoms with Crippen LogP contribution in [0.1, 0.15) is 30.4 Å². The molecule has 5 heteroatoms. The molecule has 0 aromatic heterocycles. The number of benzene rings is 1. The fourth-order valence-electron chi connectivity index (χ4n) is 3.16. The summed E-state index contributed by atoms with van der Waals surface area (Å²) in [6.07, 6.45) is 2.48. The van der Waals surface area contributed by atoms with Crippen molar-refractivity contribution in [1.82, 2.24) is 10.0 Å². The first-order valence-electron chi connectivity index (χ1n) is 7.13. The van der Waals surface area contributed by atoms with E-state index in [0.717, 1.165) is 50.5 Å². The monoisotopic (exact) mass is 294 g/mol. The van der Waals surface area contributed by atoms with Gasteiger partial charge in [0.1, 0.15) is 0 Å². The second kappa shape index (κ2) is 5.72. The van der Waals surface area contributed by atoms with Crippen LogP contribution in [0, 0.1) is 5.92 Å². The Labute approximate surface area is 123 Å². The second-order valence-electron chi connectivity index (χ2n) is 5.66. The van der Waals surface area contributed by atoms with Crippen LogP contribution in [-0.2, 0) is 17.9 Å². The van der Waals surface area contributed by atoms with E-state index in [-0.39, 0.29) is 5.92 Å². The van der Waals surface area contributed by atoms with E-state index in [2.05, 4.69) is 16.1 Å². The summed E-state index contributed by atoms with van der Waals surface area (Å²) in [5.74, 6) is -0.831. The smallest absolute Gasteiger partial charge is 0.306 e. The molecule has 1 N–H and O–H groups in total. The van der Waals surface area contributed by atoms with Crippen LogP contribution < -0.4 is 0 Å². The number of carboxylic acid groups (broad SMARTS) is 1. The number of hydrogen-bond donors (Lipinski definition) is 1. The van der Waals surface area contributed by atoms with Gasteiger partial charge in [-0.2, -0.15) is 0 Å². The predicted molar refractivity (Wildman–Crippen MR) is 77.2 cm³/mol. The van der Waals surface area contributed by atoms with E-state index in [1.807, 2.05) is 12.1 Å². The van der Waals surface area contributed by atoms with Crippen LogP contribution in [0.2, 0.25) is 5.02 Å². The van der Waals surface area contributed by atoms with Crippen molar-refractivity contribution in [3.63, 3.8) is 0 Å². The van der Waals surface area contributed by atoms with Crippen molar-refractivity contribution in [2.24, 2.45) is 5.92 Å². The number of carboxylic acids is 1. The van der Waals surface area contributed by atoms with E-state index in [0.29, 0.717) is 0 Å². The van der Waals surface area contributed by atoms with Crippen LogP contribution in [0.3, 0.4) is 0 Å². The fourth-order valence-corrected chi connectivity index (χ4v) is 3.35. The summed E-state index contributed by atoms with van der Waals surface area (Å²) >= 11 is 6.04. The highest BCUT2D eigenvalue weighted by Gasteiger charge is 2.28. The van der Waals surface area contributed by atoms with Gasteiger partial charge in [0.25, 0.3) is 0 Å². The Bertz CT molecular complexity index is 521. The third-order valence-corrected chi connectivity index (χ3v) is 4.56. The van der Waals surface area contributed by atoms with Gasteiger partial charge in [0.05, 0.1) is 5.92 Å². The standard InChI is InChI=1S/C15H19ClN2O2/c16-14-4-3-12-9-18(10-13(12)8-14)17-6-1-2-11(5-7-17)15(19)20/h3-4,8,11H,1-2,5-7,9-10H2,(H,19,20). The Morgan fingerprint density at radius 1 is 1.15 bits per heavy atom. The van der Waals surface area contributed by atoms with Crippen molar-refractivity contribution >= 4 is 17.6 Å². The first-order valence-corrected chi connectivity index (χ1v) is 7.51. The third kappa shape index (κ3) is 2.82. The van der Waals surface area contributed by atoms with Crippen molar-refractivity contribution in [2.75, 3.05) is 13.1 Å². The minimum Gasteiger partial charge on any atom is -0.481 e. The summed E-state index contributed by atoms with van der Waals surface area (Å²) in [6.45, 7) is 3.57. The maximum atomic E-state index is 11.1. The summed E-state index contributed by atoms with van der Waals surface area (Å²) in [4.78, 5) is 11.1. The fraction of sp³-hybridized carbons (Fsp3) is 0.533. The Morgan fingerprint density at radius 3 is 2.75 bits per heavy atom. The molecule has 4 nitrogen and oxygen atoms in total. The average molecular weight is 295 g/mol. The van der Waals surface area contributed by atoms with Crippen molar-refractivity contribution in [3.8, 4) is 0 Å². The lowest BCUT2D eigenvalue weighted by atomic mass is 10.0. The molecular formula is C15H19ClN2O2. The molecule has 0 bridgehead atoms. The Morgan fingerprint density at radius 2 is 1.95 bits per heavy atom. The maximum Gasteiger partial charge on any atom is 0.306 e. The van der Waals surface area contributed by atoms with Gasteiger partial charge in [0, 0.05) is 31.2 Å². The van der Waals surface area contributed by atoms with Crippen LogP contribution in [0.5, 0.6) is 0 Å². The second-order valence-corrected chi connectivity index (χ2v) is 6.09. The molecule has 0 radical (unpaired) electrons. The van der Waals surface area contributed by atoms with Crippen LogP contribution >= 0.6 is 11.6 Å². The molecule has 0 spiro atoms. The highest BCUT2D eigenvalue weighted by Crippen LogP contribution is 2.28. The van der Waals surface area contributed by atoms with Crippen LogP contribution in [0.15, 0.2) is 18.2 Å². The van der Waals surface area contributed by atoms with Crippen molar-refractivity contribution < 1.29 is 9.90 Å². The lowest BCUT2D eigenvalue weighted by molar-refractivity contribution is -0.142. The van der Waals surface area contributed by atoms with Gasteiger partial charge >= 0.3 is 5.97 Å². The van der Waals surface area contributed by atoms with E-state index in [9.17, 15) is 4.79 Å². The normalized spacial score (nSPS) is 24.4. The summed E-state index contributed by atoms with van der Waals surface area (Å²) in [7, 11) is 0. The molecule has 20 heavy (non-hydrogen) atoms.